The minimum atomic E-state index is -0.188. The molecule has 0 spiro atoms. The Balaban J connectivity index is 2.26. The van der Waals surface area contributed by atoms with Crippen LogP contribution < -0.4 is 10.6 Å². The molecule has 1 fully saturated rings. The summed E-state index contributed by atoms with van der Waals surface area (Å²) in [6.07, 6.45) is 1.10. The van der Waals surface area contributed by atoms with Gasteiger partial charge in [-0.05, 0) is 34.1 Å². The SMILES string of the molecule is CCOC1CC(NCC(=O)NC(C)(C)C)C1OC. The van der Waals surface area contributed by atoms with Crippen LogP contribution in [-0.2, 0) is 14.3 Å². The van der Waals surface area contributed by atoms with Gasteiger partial charge in [-0.3, -0.25) is 4.79 Å². The van der Waals surface area contributed by atoms with Crippen LogP contribution in [0.4, 0.5) is 0 Å². The van der Waals surface area contributed by atoms with Crippen molar-refractivity contribution in [3.63, 3.8) is 0 Å². The van der Waals surface area contributed by atoms with Crippen molar-refractivity contribution in [1.82, 2.24) is 10.6 Å². The molecule has 1 amide bonds. The van der Waals surface area contributed by atoms with E-state index >= 15 is 0 Å². The Morgan fingerprint density at radius 2 is 2.06 bits per heavy atom. The van der Waals surface area contributed by atoms with Crippen LogP contribution in [0.2, 0.25) is 0 Å². The highest BCUT2D eigenvalue weighted by Gasteiger charge is 2.41. The van der Waals surface area contributed by atoms with E-state index in [4.69, 9.17) is 9.47 Å². The molecule has 0 aromatic carbocycles. The van der Waals surface area contributed by atoms with Gasteiger partial charge in [-0.25, -0.2) is 0 Å². The summed E-state index contributed by atoms with van der Waals surface area (Å²) in [5.41, 5.74) is -0.188. The average Bonchev–Trinajstić information content (AvgIpc) is 2.20. The van der Waals surface area contributed by atoms with Crippen LogP contribution in [-0.4, -0.2) is 50.0 Å². The van der Waals surface area contributed by atoms with E-state index in [0.29, 0.717) is 13.2 Å². The lowest BCUT2D eigenvalue weighted by Gasteiger charge is -2.43. The minimum Gasteiger partial charge on any atom is -0.377 e. The number of hydrogen-bond acceptors (Lipinski definition) is 4. The Labute approximate surface area is 110 Å². The maximum absolute atomic E-state index is 11.7. The number of nitrogens with one attached hydrogen (secondary N) is 2. The molecule has 1 aliphatic rings. The van der Waals surface area contributed by atoms with Crippen LogP contribution >= 0.6 is 0 Å². The van der Waals surface area contributed by atoms with E-state index in [2.05, 4.69) is 10.6 Å². The number of amides is 1. The van der Waals surface area contributed by atoms with Gasteiger partial charge in [0.25, 0.3) is 0 Å². The zero-order valence-corrected chi connectivity index (χ0v) is 12.1. The molecule has 1 rings (SSSR count). The highest BCUT2D eigenvalue weighted by molar-refractivity contribution is 5.78. The van der Waals surface area contributed by atoms with Gasteiger partial charge in [0.2, 0.25) is 5.91 Å². The van der Waals surface area contributed by atoms with Gasteiger partial charge in [0.15, 0.2) is 0 Å². The van der Waals surface area contributed by atoms with Crippen LogP contribution in [0.5, 0.6) is 0 Å². The molecule has 5 heteroatoms. The summed E-state index contributed by atoms with van der Waals surface area (Å²) in [6, 6.07) is 0.206. The molecule has 2 N–H and O–H groups in total. The highest BCUT2D eigenvalue weighted by atomic mass is 16.5. The van der Waals surface area contributed by atoms with Crippen LogP contribution in [0.1, 0.15) is 34.1 Å². The van der Waals surface area contributed by atoms with Crippen LogP contribution in [0, 0.1) is 0 Å². The summed E-state index contributed by atoms with van der Waals surface area (Å²) < 4.78 is 10.9. The minimum absolute atomic E-state index is 0.0113. The fraction of sp³-hybridized carbons (Fsp3) is 0.923. The van der Waals surface area contributed by atoms with Gasteiger partial charge < -0.3 is 20.1 Å². The zero-order chi connectivity index (χ0) is 13.8. The number of carbonyl (C=O) groups excluding carboxylic acids is 1. The van der Waals surface area contributed by atoms with Crippen molar-refractivity contribution in [3.8, 4) is 0 Å². The molecule has 0 heterocycles. The van der Waals surface area contributed by atoms with Crippen molar-refractivity contribution >= 4 is 5.91 Å². The first-order valence-corrected chi connectivity index (χ1v) is 6.56. The third-order valence-electron chi connectivity index (χ3n) is 2.94. The summed E-state index contributed by atoms with van der Waals surface area (Å²) in [6.45, 7) is 8.90. The van der Waals surface area contributed by atoms with Crippen molar-refractivity contribution in [2.24, 2.45) is 0 Å². The largest absolute Gasteiger partial charge is 0.377 e. The number of ether oxygens (including phenoxy) is 2. The molecule has 0 bridgehead atoms. The third-order valence-corrected chi connectivity index (χ3v) is 2.94. The quantitative estimate of drug-likeness (QED) is 0.735. The van der Waals surface area contributed by atoms with Gasteiger partial charge in [-0.2, -0.15) is 0 Å². The third kappa shape index (κ3) is 4.55. The summed E-state index contributed by atoms with van der Waals surface area (Å²) in [4.78, 5) is 11.7. The van der Waals surface area contributed by atoms with Gasteiger partial charge in [0.1, 0.15) is 0 Å². The second kappa shape index (κ2) is 6.50. The molecule has 1 aliphatic carbocycles. The molecule has 0 radical (unpaired) electrons. The molecule has 0 aromatic heterocycles. The fourth-order valence-electron chi connectivity index (χ4n) is 2.16. The molecule has 3 atom stereocenters. The molecule has 0 saturated heterocycles. The first-order chi connectivity index (χ1) is 8.37. The second-order valence-corrected chi connectivity index (χ2v) is 5.72. The first kappa shape index (κ1) is 15.4. The molecule has 106 valence electrons. The van der Waals surface area contributed by atoms with Crippen molar-refractivity contribution in [3.05, 3.63) is 0 Å². The fourth-order valence-corrected chi connectivity index (χ4v) is 2.16. The Morgan fingerprint density at radius 3 is 2.56 bits per heavy atom. The average molecular weight is 258 g/mol. The summed E-state index contributed by atoms with van der Waals surface area (Å²) in [5.74, 6) is 0.0113. The van der Waals surface area contributed by atoms with Crippen LogP contribution in [0.25, 0.3) is 0 Å². The highest BCUT2D eigenvalue weighted by Crippen LogP contribution is 2.26. The lowest BCUT2D eigenvalue weighted by atomic mass is 9.85. The van der Waals surface area contributed by atoms with E-state index in [9.17, 15) is 4.79 Å². The zero-order valence-electron chi connectivity index (χ0n) is 12.1. The Kier molecular flexibility index (Phi) is 5.56. The van der Waals surface area contributed by atoms with E-state index < -0.39 is 0 Å². The maximum Gasteiger partial charge on any atom is 0.234 e. The monoisotopic (exact) mass is 258 g/mol. The van der Waals surface area contributed by atoms with Crippen LogP contribution in [0.15, 0.2) is 0 Å². The van der Waals surface area contributed by atoms with E-state index in [1.165, 1.54) is 0 Å². The topological polar surface area (TPSA) is 59.6 Å². The molecule has 5 nitrogen and oxygen atoms in total. The second-order valence-electron chi connectivity index (χ2n) is 5.72. The predicted molar refractivity (Wildman–Crippen MR) is 70.5 cm³/mol. The Bertz CT molecular complexity index is 276. The lowest BCUT2D eigenvalue weighted by Crippen LogP contribution is -2.61. The standard InChI is InChI=1S/C13H26N2O3/c1-6-18-10-7-9(12(10)17-5)14-8-11(16)15-13(2,3)4/h9-10,12,14H,6-8H2,1-5H3,(H,15,16). The van der Waals surface area contributed by atoms with Crippen molar-refractivity contribution in [2.45, 2.75) is 57.9 Å². The van der Waals surface area contributed by atoms with Crippen LogP contribution in [0.3, 0.4) is 0 Å². The van der Waals surface area contributed by atoms with Gasteiger partial charge in [-0.1, -0.05) is 0 Å². The molecular formula is C13H26N2O3. The number of hydrogen-bond donors (Lipinski definition) is 2. The maximum atomic E-state index is 11.7. The predicted octanol–water partition coefficient (Wildman–Crippen LogP) is 0.683. The summed E-state index contributed by atoms with van der Waals surface area (Å²) in [5, 5.41) is 6.13. The van der Waals surface area contributed by atoms with E-state index in [-0.39, 0.29) is 29.7 Å². The molecule has 0 aliphatic heterocycles. The van der Waals surface area contributed by atoms with Gasteiger partial charge in [0, 0.05) is 25.3 Å². The molecular weight excluding hydrogens is 232 g/mol. The smallest absolute Gasteiger partial charge is 0.234 e. The van der Waals surface area contributed by atoms with Gasteiger partial charge >= 0.3 is 0 Å². The van der Waals surface area contributed by atoms with E-state index in [0.717, 1.165) is 6.42 Å². The Morgan fingerprint density at radius 1 is 1.39 bits per heavy atom. The van der Waals surface area contributed by atoms with Crippen molar-refractivity contribution in [2.75, 3.05) is 20.3 Å². The first-order valence-electron chi connectivity index (χ1n) is 6.56. The van der Waals surface area contributed by atoms with Crippen molar-refractivity contribution < 1.29 is 14.3 Å². The molecule has 3 unspecified atom stereocenters. The van der Waals surface area contributed by atoms with E-state index in [1.807, 2.05) is 27.7 Å². The Hall–Kier alpha value is -0.650. The summed E-state index contributed by atoms with van der Waals surface area (Å²) >= 11 is 0. The van der Waals surface area contributed by atoms with Gasteiger partial charge in [-0.15, -0.1) is 0 Å². The lowest BCUT2D eigenvalue weighted by molar-refractivity contribution is -0.135. The normalized spacial score (nSPS) is 27.7. The number of methoxy groups -OCH3 is 1. The van der Waals surface area contributed by atoms with Crippen molar-refractivity contribution in [1.29, 1.82) is 0 Å². The summed E-state index contributed by atoms with van der Waals surface area (Å²) in [7, 11) is 1.68. The van der Waals surface area contributed by atoms with E-state index in [1.54, 1.807) is 7.11 Å². The molecule has 1 saturated carbocycles. The molecule has 18 heavy (non-hydrogen) atoms. The number of rotatable bonds is 6. The van der Waals surface area contributed by atoms with Gasteiger partial charge in [0.05, 0.1) is 18.8 Å². The number of carbonyl (C=O) groups is 1. The molecule has 0 aromatic rings.